The molecule has 116 valence electrons. The molecule has 2 saturated carbocycles. The molecular weight excluding hydrogens is 252 g/mol. The number of nitrogens with one attached hydrogen (secondary N) is 1. The summed E-state index contributed by atoms with van der Waals surface area (Å²) in [5.41, 5.74) is 0.267. The lowest BCUT2D eigenvalue weighted by atomic mass is 9.60. The Balaban J connectivity index is 1.92. The molecule has 1 amide bonds. The lowest BCUT2D eigenvalue weighted by molar-refractivity contribution is -0.172. The maximum atomic E-state index is 12.3. The van der Waals surface area contributed by atoms with Gasteiger partial charge in [-0.05, 0) is 46.2 Å². The molecule has 20 heavy (non-hydrogen) atoms. The molecule has 1 N–H and O–H groups in total. The van der Waals surface area contributed by atoms with Crippen LogP contribution in [0.15, 0.2) is 0 Å². The molecular formula is C16H30N2O2. The summed E-state index contributed by atoms with van der Waals surface area (Å²) in [7, 11) is 3.93. The SMILES string of the molecule is CCOC1CC(N(C)C(=O)CCCNC)C12CCCC2. The lowest BCUT2D eigenvalue weighted by Gasteiger charge is -2.57. The van der Waals surface area contributed by atoms with Gasteiger partial charge >= 0.3 is 0 Å². The topological polar surface area (TPSA) is 41.6 Å². The average Bonchev–Trinajstić information content (AvgIpc) is 2.95. The van der Waals surface area contributed by atoms with Crippen LogP contribution in [0, 0.1) is 5.41 Å². The van der Waals surface area contributed by atoms with Gasteiger partial charge in [0.25, 0.3) is 0 Å². The molecule has 0 radical (unpaired) electrons. The van der Waals surface area contributed by atoms with Crippen molar-refractivity contribution in [2.75, 3.05) is 27.2 Å². The van der Waals surface area contributed by atoms with Gasteiger partial charge in [-0.15, -0.1) is 0 Å². The van der Waals surface area contributed by atoms with E-state index in [2.05, 4.69) is 12.2 Å². The second-order valence-corrected chi connectivity index (χ2v) is 6.35. The summed E-state index contributed by atoms with van der Waals surface area (Å²) in [6, 6.07) is 0.406. The number of hydrogen-bond donors (Lipinski definition) is 1. The van der Waals surface area contributed by atoms with Gasteiger partial charge in [-0.2, -0.15) is 0 Å². The Morgan fingerprint density at radius 1 is 1.40 bits per heavy atom. The summed E-state index contributed by atoms with van der Waals surface area (Å²) in [6.07, 6.45) is 8.04. The van der Waals surface area contributed by atoms with E-state index in [4.69, 9.17) is 4.74 Å². The van der Waals surface area contributed by atoms with Crippen molar-refractivity contribution < 1.29 is 9.53 Å². The Bertz CT molecular complexity index is 326. The third kappa shape index (κ3) is 2.86. The number of carbonyl (C=O) groups is 1. The summed E-state index contributed by atoms with van der Waals surface area (Å²) in [5, 5.41) is 3.10. The van der Waals surface area contributed by atoms with E-state index in [1.165, 1.54) is 25.7 Å². The Morgan fingerprint density at radius 3 is 2.70 bits per heavy atom. The van der Waals surface area contributed by atoms with E-state index < -0.39 is 0 Å². The Hall–Kier alpha value is -0.610. The zero-order chi connectivity index (χ0) is 14.6. The molecule has 1 spiro atoms. The molecule has 4 nitrogen and oxygen atoms in total. The van der Waals surface area contributed by atoms with Gasteiger partial charge in [0.15, 0.2) is 0 Å². The number of rotatable bonds is 7. The van der Waals surface area contributed by atoms with Crippen molar-refractivity contribution in [1.29, 1.82) is 0 Å². The van der Waals surface area contributed by atoms with Gasteiger partial charge in [0.1, 0.15) is 0 Å². The highest BCUT2D eigenvalue weighted by atomic mass is 16.5. The van der Waals surface area contributed by atoms with E-state index in [0.717, 1.165) is 26.0 Å². The van der Waals surface area contributed by atoms with Crippen molar-refractivity contribution in [1.82, 2.24) is 10.2 Å². The predicted octanol–water partition coefficient (Wildman–Crippen LogP) is 2.18. The summed E-state index contributed by atoms with van der Waals surface area (Å²) in [4.78, 5) is 14.3. The van der Waals surface area contributed by atoms with Crippen LogP contribution in [0.3, 0.4) is 0 Å². The normalized spacial score (nSPS) is 27.6. The molecule has 0 bridgehead atoms. The fourth-order valence-electron chi connectivity index (χ4n) is 4.16. The number of amides is 1. The first-order chi connectivity index (χ1) is 9.65. The highest BCUT2D eigenvalue weighted by molar-refractivity contribution is 5.76. The van der Waals surface area contributed by atoms with Crippen molar-refractivity contribution in [3.05, 3.63) is 0 Å². The molecule has 0 aromatic carbocycles. The van der Waals surface area contributed by atoms with Crippen LogP contribution in [0.4, 0.5) is 0 Å². The molecule has 2 fully saturated rings. The van der Waals surface area contributed by atoms with E-state index in [1.54, 1.807) is 0 Å². The minimum atomic E-state index is 0.267. The third-order valence-electron chi connectivity index (χ3n) is 5.32. The highest BCUT2D eigenvalue weighted by Gasteiger charge is 2.58. The zero-order valence-corrected chi connectivity index (χ0v) is 13.3. The van der Waals surface area contributed by atoms with Crippen molar-refractivity contribution in [3.8, 4) is 0 Å². The molecule has 0 saturated heterocycles. The van der Waals surface area contributed by atoms with Gasteiger partial charge in [-0.3, -0.25) is 4.79 Å². The van der Waals surface area contributed by atoms with Gasteiger partial charge in [-0.1, -0.05) is 12.8 Å². The second-order valence-electron chi connectivity index (χ2n) is 6.35. The molecule has 2 atom stereocenters. The molecule has 0 heterocycles. The molecule has 2 aliphatic rings. The number of ether oxygens (including phenoxy) is 1. The first-order valence-corrected chi connectivity index (χ1v) is 8.17. The van der Waals surface area contributed by atoms with Crippen LogP contribution in [-0.4, -0.2) is 50.2 Å². The quantitative estimate of drug-likeness (QED) is 0.728. The number of carbonyl (C=O) groups excluding carboxylic acids is 1. The molecule has 2 rings (SSSR count). The first kappa shape index (κ1) is 15.8. The zero-order valence-electron chi connectivity index (χ0n) is 13.3. The van der Waals surface area contributed by atoms with Gasteiger partial charge in [0.05, 0.1) is 6.10 Å². The fraction of sp³-hybridized carbons (Fsp3) is 0.938. The Labute approximate surface area is 123 Å². The van der Waals surface area contributed by atoms with Crippen LogP contribution in [0.1, 0.15) is 51.9 Å². The summed E-state index contributed by atoms with van der Waals surface area (Å²) in [5.74, 6) is 0.298. The van der Waals surface area contributed by atoms with Crippen LogP contribution in [0.25, 0.3) is 0 Å². The van der Waals surface area contributed by atoms with Crippen LogP contribution >= 0.6 is 0 Å². The van der Waals surface area contributed by atoms with E-state index in [-0.39, 0.29) is 5.41 Å². The monoisotopic (exact) mass is 282 g/mol. The molecule has 2 aliphatic carbocycles. The summed E-state index contributed by atoms with van der Waals surface area (Å²) >= 11 is 0. The highest BCUT2D eigenvalue weighted by Crippen LogP contribution is 2.56. The molecule has 0 aromatic rings. The minimum Gasteiger partial charge on any atom is -0.378 e. The second kappa shape index (κ2) is 6.90. The van der Waals surface area contributed by atoms with Crippen molar-refractivity contribution in [3.63, 3.8) is 0 Å². The van der Waals surface area contributed by atoms with Gasteiger partial charge in [0.2, 0.25) is 5.91 Å². The van der Waals surface area contributed by atoms with Crippen molar-refractivity contribution in [2.24, 2.45) is 5.41 Å². The van der Waals surface area contributed by atoms with E-state index in [9.17, 15) is 4.79 Å². The molecule has 0 aromatic heterocycles. The van der Waals surface area contributed by atoms with Gasteiger partial charge < -0.3 is 15.0 Å². The average molecular weight is 282 g/mol. The maximum Gasteiger partial charge on any atom is 0.222 e. The minimum absolute atomic E-state index is 0.267. The summed E-state index contributed by atoms with van der Waals surface area (Å²) in [6.45, 7) is 3.78. The van der Waals surface area contributed by atoms with Crippen LogP contribution in [0.2, 0.25) is 0 Å². The van der Waals surface area contributed by atoms with Crippen LogP contribution in [-0.2, 0) is 9.53 Å². The van der Waals surface area contributed by atoms with E-state index >= 15 is 0 Å². The molecule has 4 heteroatoms. The molecule has 0 aliphatic heterocycles. The Kier molecular flexibility index (Phi) is 5.44. The van der Waals surface area contributed by atoms with Crippen LogP contribution in [0.5, 0.6) is 0 Å². The number of hydrogen-bond acceptors (Lipinski definition) is 3. The Morgan fingerprint density at radius 2 is 2.10 bits per heavy atom. The van der Waals surface area contributed by atoms with E-state index in [0.29, 0.717) is 24.5 Å². The molecule has 2 unspecified atom stereocenters. The van der Waals surface area contributed by atoms with E-state index in [1.807, 2.05) is 19.0 Å². The predicted molar refractivity (Wildman–Crippen MR) is 80.7 cm³/mol. The van der Waals surface area contributed by atoms with Crippen molar-refractivity contribution >= 4 is 5.91 Å². The maximum absolute atomic E-state index is 12.3. The fourth-order valence-corrected chi connectivity index (χ4v) is 4.16. The largest absolute Gasteiger partial charge is 0.378 e. The number of nitrogens with zero attached hydrogens (tertiary/aromatic N) is 1. The van der Waals surface area contributed by atoms with Crippen molar-refractivity contribution in [2.45, 2.75) is 64.0 Å². The first-order valence-electron chi connectivity index (χ1n) is 8.17. The third-order valence-corrected chi connectivity index (χ3v) is 5.32. The standard InChI is InChI=1S/C16H30N2O2/c1-4-20-14-12-13(16(14)9-5-6-10-16)18(3)15(19)8-7-11-17-2/h13-14,17H,4-12H2,1-3H3. The lowest BCUT2D eigenvalue weighted by Crippen LogP contribution is -2.64. The van der Waals surface area contributed by atoms with Crippen LogP contribution < -0.4 is 5.32 Å². The smallest absolute Gasteiger partial charge is 0.222 e. The van der Waals surface area contributed by atoms with Gasteiger partial charge in [0, 0.05) is 31.5 Å². The van der Waals surface area contributed by atoms with Gasteiger partial charge in [-0.25, -0.2) is 0 Å². The summed E-state index contributed by atoms with van der Waals surface area (Å²) < 4.78 is 5.93.